The molecule has 1 saturated carbocycles. The minimum Gasteiger partial charge on any atom is -0.444 e. The third-order valence-corrected chi connectivity index (χ3v) is 12.0. The Bertz CT molecular complexity index is 1560. The van der Waals surface area contributed by atoms with E-state index in [1.165, 1.54) is 0 Å². The van der Waals surface area contributed by atoms with Gasteiger partial charge in [0.1, 0.15) is 42.2 Å². The van der Waals surface area contributed by atoms with Gasteiger partial charge in [-0.15, -0.1) is 0 Å². The van der Waals surface area contributed by atoms with Crippen LogP contribution in [0.15, 0.2) is 0 Å². The second-order valence-electron chi connectivity index (χ2n) is 20.0. The number of nitrogens with two attached hydrogens (primary N) is 6. The Balaban J connectivity index is 1.93. The molecular weight excluding hydrogens is 1020 g/mol. The SMILES string of the molecule is CC(C)(C)OC(=O)NCCCC12OC3C(OCCCN(CC(=O)NCCN)CC(=O)NCCN)C(O1)C(OCCCN(CC(=O)NCCN)CC(=O)NCCN)C(O2)C3OCCCN(CC(=O)NCCN)CC(=O)NCCN. The maximum atomic E-state index is 12.8. The fourth-order valence-electron chi connectivity index (χ4n) is 8.77. The van der Waals surface area contributed by atoms with E-state index in [-0.39, 0.29) is 206 Å². The fraction of sp³-hybridized carbons (Fsp3) is 0.854. The van der Waals surface area contributed by atoms with Crippen LogP contribution in [-0.2, 0) is 61.9 Å². The Hall–Kier alpha value is -4.51. The van der Waals surface area contributed by atoms with Crippen molar-refractivity contribution in [3.05, 3.63) is 0 Å². The average Bonchev–Trinajstić information content (AvgIpc) is 3.57. The summed E-state index contributed by atoms with van der Waals surface area (Å²) in [4.78, 5) is 94.3. The first-order valence-electron chi connectivity index (χ1n) is 27.2. The Kier molecular flexibility index (Phi) is 32.5. The molecule has 30 heteroatoms. The van der Waals surface area contributed by atoms with Gasteiger partial charge in [-0.3, -0.25) is 43.5 Å². The second-order valence-corrected chi connectivity index (χ2v) is 20.0. The van der Waals surface area contributed by atoms with Crippen molar-refractivity contribution in [3.63, 3.8) is 0 Å². The second kappa shape index (κ2) is 37.4. The monoisotopic (exact) mass is 1120 g/mol. The molecule has 78 heavy (non-hydrogen) atoms. The van der Waals surface area contributed by atoms with Crippen molar-refractivity contribution in [1.29, 1.82) is 0 Å². The lowest BCUT2D eigenvalue weighted by molar-refractivity contribution is -0.544. The van der Waals surface area contributed by atoms with Crippen LogP contribution in [0.1, 0.15) is 52.9 Å². The van der Waals surface area contributed by atoms with Crippen molar-refractivity contribution in [2.24, 2.45) is 34.4 Å². The smallest absolute Gasteiger partial charge is 0.407 e. The number of carbonyl (C=O) groups is 7. The number of hydrogen-bond acceptors (Lipinski definition) is 23. The van der Waals surface area contributed by atoms with Crippen molar-refractivity contribution in [2.75, 3.05) is 164 Å². The van der Waals surface area contributed by atoms with Crippen LogP contribution in [0, 0.1) is 0 Å². The molecule has 0 unspecified atom stereocenters. The first kappa shape index (κ1) is 67.8. The van der Waals surface area contributed by atoms with E-state index in [4.69, 9.17) is 67.6 Å². The van der Waals surface area contributed by atoms with E-state index in [0.717, 1.165) is 0 Å². The zero-order valence-electron chi connectivity index (χ0n) is 46.2. The van der Waals surface area contributed by atoms with Crippen LogP contribution in [-0.4, -0.2) is 268 Å². The minimum absolute atomic E-state index is 0.0740. The van der Waals surface area contributed by atoms with Gasteiger partial charge in [0.15, 0.2) is 0 Å². The van der Waals surface area contributed by atoms with Gasteiger partial charge >= 0.3 is 6.09 Å². The molecule has 0 atom stereocenters. The molecule has 4 aliphatic rings. The van der Waals surface area contributed by atoms with Gasteiger partial charge in [-0.1, -0.05) is 0 Å². The molecule has 4 bridgehead atoms. The Labute approximate surface area is 458 Å². The first-order valence-corrected chi connectivity index (χ1v) is 27.2. The summed E-state index contributed by atoms with van der Waals surface area (Å²) in [6, 6.07) is 0. The first-order chi connectivity index (χ1) is 37.4. The largest absolute Gasteiger partial charge is 0.444 e. The highest BCUT2D eigenvalue weighted by Crippen LogP contribution is 2.50. The predicted molar refractivity (Wildman–Crippen MR) is 286 cm³/mol. The Morgan fingerprint density at radius 3 is 0.936 bits per heavy atom. The molecule has 4 rings (SSSR count). The minimum atomic E-state index is -1.60. The van der Waals surface area contributed by atoms with Crippen LogP contribution >= 0.6 is 0 Å². The van der Waals surface area contributed by atoms with Gasteiger partial charge in [-0.05, 0) is 46.5 Å². The molecule has 450 valence electrons. The van der Waals surface area contributed by atoms with Crippen LogP contribution < -0.4 is 71.6 Å². The van der Waals surface area contributed by atoms with E-state index in [1.807, 2.05) is 0 Å². The van der Waals surface area contributed by atoms with Crippen molar-refractivity contribution in [2.45, 2.75) is 101 Å². The van der Waals surface area contributed by atoms with E-state index in [1.54, 1.807) is 35.5 Å². The fourth-order valence-corrected chi connectivity index (χ4v) is 8.77. The van der Waals surface area contributed by atoms with Gasteiger partial charge < -0.3 is 105 Å². The van der Waals surface area contributed by atoms with Crippen molar-refractivity contribution < 1.29 is 66.7 Å². The molecule has 0 aromatic rings. The van der Waals surface area contributed by atoms with Crippen LogP contribution in [0.25, 0.3) is 0 Å². The third-order valence-electron chi connectivity index (χ3n) is 12.0. The van der Waals surface area contributed by atoms with E-state index in [0.29, 0.717) is 25.7 Å². The zero-order valence-corrected chi connectivity index (χ0v) is 46.2. The molecule has 4 fully saturated rings. The number of alkyl carbamates (subject to hydrolysis) is 1. The van der Waals surface area contributed by atoms with Gasteiger partial charge in [0.2, 0.25) is 35.4 Å². The van der Waals surface area contributed by atoms with Crippen molar-refractivity contribution >= 4 is 41.5 Å². The highest BCUT2D eigenvalue weighted by Gasteiger charge is 2.68. The molecule has 1 aliphatic carbocycles. The van der Waals surface area contributed by atoms with Crippen LogP contribution in [0.4, 0.5) is 4.79 Å². The summed E-state index contributed by atoms with van der Waals surface area (Å²) >= 11 is 0. The highest BCUT2D eigenvalue weighted by atomic mass is 16.9. The van der Waals surface area contributed by atoms with Gasteiger partial charge in [0.05, 0.1) is 39.3 Å². The summed E-state index contributed by atoms with van der Waals surface area (Å²) in [6.07, 6.45) is -3.80. The average molecular weight is 1120 g/mol. The van der Waals surface area contributed by atoms with Gasteiger partial charge in [0, 0.05) is 131 Å². The summed E-state index contributed by atoms with van der Waals surface area (Å²) in [6.45, 7) is 9.37. The molecule has 0 radical (unpaired) electrons. The maximum absolute atomic E-state index is 12.8. The van der Waals surface area contributed by atoms with E-state index >= 15 is 0 Å². The molecule has 7 amide bonds. The van der Waals surface area contributed by atoms with Gasteiger partial charge in [-0.2, -0.15) is 0 Å². The summed E-state index contributed by atoms with van der Waals surface area (Å²) < 4.78 is 45.6. The molecule has 0 aromatic carbocycles. The highest BCUT2D eigenvalue weighted by molar-refractivity contribution is 5.82. The number of nitrogens with one attached hydrogen (secondary N) is 7. The number of amides is 7. The topological polar surface area (TPSA) is 434 Å². The summed E-state index contributed by atoms with van der Waals surface area (Å²) in [7, 11) is 0. The quantitative estimate of drug-likeness (QED) is 0.0252. The molecule has 3 heterocycles. The number of hydrogen-bond donors (Lipinski definition) is 13. The Morgan fingerprint density at radius 2 is 0.692 bits per heavy atom. The van der Waals surface area contributed by atoms with Crippen LogP contribution in [0.2, 0.25) is 0 Å². The molecule has 19 N–H and O–H groups in total. The van der Waals surface area contributed by atoms with Gasteiger partial charge in [0.25, 0.3) is 5.97 Å². The molecule has 3 aliphatic heterocycles. The molecule has 30 nitrogen and oxygen atoms in total. The molecule has 0 aromatic heterocycles. The van der Waals surface area contributed by atoms with Crippen LogP contribution in [0.5, 0.6) is 0 Å². The Morgan fingerprint density at radius 1 is 0.423 bits per heavy atom. The van der Waals surface area contributed by atoms with Gasteiger partial charge in [-0.25, -0.2) is 4.79 Å². The lowest BCUT2D eigenvalue weighted by Gasteiger charge is -2.63. The molecular formula is C48H94N16O14. The molecule has 3 saturated heterocycles. The van der Waals surface area contributed by atoms with E-state index in [2.05, 4.69) is 37.2 Å². The van der Waals surface area contributed by atoms with Crippen LogP contribution in [0.3, 0.4) is 0 Å². The third kappa shape index (κ3) is 26.2. The lowest BCUT2D eigenvalue weighted by atomic mass is 9.81. The number of carbonyl (C=O) groups excluding carboxylic acids is 7. The summed E-state index contributed by atoms with van der Waals surface area (Å²) in [5.74, 6) is -3.42. The number of rotatable bonds is 43. The number of ether oxygens (including phenoxy) is 7. The molecule has 0 spiro atoms. The summed E-state index contributed by atoms with van der Waals surface area (Å²) in [5.41, 5.74) is 32.9. The van der Waals surface area contributed by atoms with Crippen molar-refractivity contribution in [3.8, 4) is 0 Å². The van der Waals surface area contributed by atoms with E-state index < -0.39 is 54.3 Å². The predicted octanol–water partition coefficient (Wildman–Crippen LogP) is -7.18. The lowest BCUT2D eigenvalue weighted by Crippen LogP contribution is -2.80. The normalized spacial score (nSPS) is 21.4. The zero-order chi connectivity index (χ0) is 57.4. The number of nitrogens with zero attached hydrogens (tertiary/aromatic N) is 3. The standard InChI is InChI=1S/C48H94N16O14/c1-47(2,3)78-46(71)61-15-4-8-48-75-43-40(72-25-5-22-62(28-34(65)55-16-9-49)29-35(66)56-17-10-50)44(76-48)42(74-27-7-24-64(32-38(69)59-20-13-53)33-39(70)60-21-14-54)45(77-48)41(43)73-26-6-23-63(30-36(67)57-18-11-51)31-37(68)58-19-12-52/h40-45H,4-33,49-54H2,1-3H3,(H,55,65)(H,56,66)(H,57,67)(H,58,68)(H,59,69)(H,60,70)(H,61,71). The van der Waals surface area contributed by atoms with Crippen molar-refractivity contribution in [1.82, 2.24) is 51.9 Å². The maximum Gasteiger partial charge on any atom is 0.407 e. The van der Waals surface area contributed by atoms with E-state index in [9.17, 15) is 33.6 Å². The summed E-state index contributed by atoms with van der Waals surface area (Å²) in [5, 5.41) is 19.2.